The van der Waals surface area contributed by atoms with E-state index in [-0.39, 0.29) is 12.0 Å². The molecule has 0 aliphatic heterocycles. The lowest BCUT2D eigenvalue weighted by atomic mass is 10.0. The first-order valence-corrected chi connectivity index (χ1v) is 5.91. The minimum absolute atomic E-state index is 0.0184. The molecular weight excluding hydrogens is 251 g/mol. The molecule has 2 N–H and O–H groups in total. The molecule has 0 aliphatic carbocycles. The van der Waals surface area contributed by atoms with Crippen molar-refractivity contribution in [3.05, 3.63) is 34.1 Å². The van der Waals surface area contributed by atoms with Crippen molar-refractivity contribution < 1.29 is 14.6 Å². The van der Waals surface area contributed by atoms with Gasteiger partial charge in [0.25, 0.3) is 0 Å². The van der Waals surface area contributed by atoms with Crippen molar-refractivity contribution in [2.24, 2.45) is 0 Å². The van der Waals surface area contributed by atoms with E-state index < -0.39 is 18.0 Å². The number of aryl methyl sites for hydroxylation is 1. The zero-order valence-electron chi connectivity index (χ0n) is 8.82. The molecular formula is C11H14ClFO2S. The van der Waals surface area contributed by atoms with E-state index in [1.54, 1.807) is 6.92 Å². The molecule has 0 heterocycles. The van der Waals surface area contributed by atoms with Crippen molar-refractivity contribution >= 4 is 24.2 Å². The minimum Gasteiger partial charge on any atom is -0.390 e. The quantitative estimate of drug-likeness (QED) is 0.732. The highest BCUT2D eigenvalue weighted by atomic mass is 35.5. The lowest BCUT2D eigenvalue weighted by Crippen LogP contribution is -2.19. The second-order valence-electron chi connectivity index (χ2n) is 3.65. The van der Waals surface area contributed by atoms with Gasteiger partial charge in [-0.25, -0.2) is 4.39 Å². The van der Waals surface area contributed by atoms with Crippen LogP contribution in [0, 0.1) is 12.7 Å². The summed E-state index contributed by atoms with van der Waals surface area (Å²) in [6.45, 7) is 1.67. The van der Waals surface area contributed by atoms with Crippen LogP contribution in [0.2, 0.25) is 5.02 Å². The zero-order valence-corrected chi connectivity index (χ0v) is 10.5. The van der Waals surface area contributed by atoms with E-state index >= 15 is 0 Å². The van der Waals surface area contributed by atoms with Gasteiger partial charge in [0.1, 0.15) is 11.9 Å². The van der Waals surface area contributed by atoms with E-state index in [1.807, 2.05) is 0 Å². The molecule has 16 heavy (non-hydrogen) atoms. The number of hydrogen-bond donors (Lipinski definition) is 3. The summed E-state index contributed by atoms with van der Waals surface area (Å²) in [4.78, 5) is 0. The van der Waals surface area contributed by atoms with E-state index in [0.717, 1.165) is 0 Å². The number of aliphatic hydroxyl groups excluding tert-OH is 2. The highest BCUT2D eigenvalue weighted by molar-refractivity contribution is 7.80. The van der Waals surface area contributed by atoms with Crippen LogP contribution in [-0.4, -0.2) is 22.1 Å². The molecule has 2 nitrogen and oxygen atoms in total. The van der Waals surface area contributed by atoms with Crippen LogP contribution in [-0.2, 0) is 0 Å². The molecule has 0 amide bonds. The van der Waals surface area contributed by atoms with Gasteiger partial charge in [-0.15, -0.1) is 0 Å². The molecule has 0 spiro atoms. The predicted molar refractivity (Wildman–Crippen MR) is 65.6 cm³/mol. The van der Waals surface area contributed by atoms with E-state index in [1.165, 1.54) is 12.1 Å². The standard InChI is InChI=1S/C11H14ClFO2S/c1-6-4-9(13)7(5-8(6)12)11(15)10(14)2-3-16/h4-5,10-11,14-16H,2-3H2,1H3. The topological polar surface area (TPSA) is 40.5 Å². The summed E-state index contributed by atoms with van der Waals surface area (Å²) in [7, 11) is 0. The second-order valence-corrected chi connectivity index (χ2v) is 4.50. The fraction of sp³-hybridized carbons (Fsp3) is 0.455. The molecule has 0 saturated carbocycles. The van der Waals surface area contributed by atoms with Crippen LogP contribution < -0.4 is 0 Å². The SMILES string of the molecule is Cc1cc(F)c(C(O)C(O)CCS)cc1Cl. The van der Waals surface area contributed by atoms with Gasteiger partial charge in [-0.3, -0.25) is 0 Å². The molecule has 1 aromatic carbocycles. The number of rotatable bonds is 4. The summed E-state index contributed by atoms with van der Waals surface area (Å²) in [6.07, 6.45) is -2.02. The van der Waals surface area contributed by atoms with Gasteiger partial charge in [-0.05, 0) is 36.8 Å². The smallest absolute Gasteiger partial charge is 0.129 e. The average molecular weight is 265 g/mol. The Kier molecular flexibility index (Phi) is 5.05. The summed E-state index contributed by atoms with van der Waals surface area (Å²) in [5, 5.41) is 19.6. The number of benzene rings is 1. The average Bonchev–Trinajstić information content (AvgIpc) is 2.23. The van der Waals surface area contributed by atoms with Crippen LogP contribution in [0.4, 0.5) is 4.39 Å². The molecule has 0 aliphatic rings. The van der Waals surface area contributed by atoms with Crippen LogP contribution in [0.3, 0.4) is 0 Å². The molecule has 2 atom stereocenters. The van der Waals surface area contributed by atoms with E-state index in [9.17, 15) is 14.6 Å². The van der Waals surface area contributed by atoms with E-state index in [4.69, 9.17) is 11.6 Å². The Hall–Kier alpha value is -0.290. The maximum atomic E-state index is 13.5. The summed E-state index contributed by atoms with van der Waals surface area (Å²) < 4.78 is 13.5. The zero-order chi connectivity index (χ0) is 12.3. The number of hydrogen-bond acceptors (Lipinski definition) is 3. The lowest BCUT2D eigenvalue weighted by molar-refractivity contribution is 0.0151. The first kappa shape index (κ1) is 13.8. The van der Waals surface area contributed by atoms with E-state index in [0.29, 0.717) is 16.3 Å². The summed E-state index contributed by atoms with van der Waals surface area (Å²) in [5.41, 5.74) is 0.615. The van der Waals surface area contributed by atoms with Gasteiger partial charge < -0.3 is 10.2 Å². The van der Waals surface area contributed by atoms with Crippen molar-refractivity contribution in [2.45, 2.75) is 25.6 Å². The fourth-order valence-electron chi connectivity index (χ4n) is 1.39. The van der Waals surface area contributed by atoms with Crippen LogP contribution in [0.15, 0.2) is 12.1 Å². The lowest BCUT2D eigenvalue weighted by Gasteiger charge is -2.18. The van der Waals surface area contributed by atoms with Crippen LogP contribution in [0.5, 0.6) is 0 Å². The van der Waals surface area contributed by atoms with Crippen molar-refractivity contribution in [3.63, 3.8) is 0 Å². The van der Waals surface area contributed by atoms with Crippen molar-refractivity contribution in [1.29, 1.82) is 0 Å². The highest BCUT2D eigenvalue weighted by Crippen LogP contribution is 2.27. The Morgan fingerprint density at radius 1 is 1.44 bits per heavy atom. The number of thiol groups is 1. The number of aliphatic hydroxyl groups is 2. The second kappa shape index (κ2) is 5.87. The molecule has 90 valence electrons. The first-order chi connectivity index (χ1) is 7.47. The third-order valence-corrected chi connectivity index (χ3v) is 3.05. The van der Waals surface area contributed by atoms with Gasteiger partial charge in [-0.1, -0.05) is 11.6 Å². The van der Waals surface area contributed by atoms with Gasteiger partial charge in [0.15, 0.2) is 0 Å². The monoisotopic (exact) mass is 264 g/mol. The summed E-state index contributed by atoms with van der Waals surface area (Å²) >= 11 is 9.78. The Morgan fingerprint density at radius 2 is 2.06 bits per heavy atom. The van der Waals surface area contributed by atoms with Gasteiger partial charge in [0, 0.05) is 10.6 Å². The summed E-state index contributed by atoms with van der Waals surface area (Å²) in [6, 6.07) is 2.59. The molecule has 0 fully saturated rings. The largest absolute Gasteiger partial charge is 0.390 e. The molecule has 0 radical (unpaired) electrons. The van der Waals surface area contributed by atoms with E-state index in [2.05, 4.69) is 12.6 Å². The van der Waals surface area contributed by atoms with Crippen molar-refractivity contribution in [2.75, 3.05) is 5.75 Å². The minimum atomic E-state index is -1.27. The van der Waals surface area contributed by atoms with Crippen molar-refractivity contribution in [3.8, 4) is 0 Å². The van der Waals surface area contributed by atoms with Crippen molar-refractivity contribution in [1.82, 2.24) is 0 Å². The van der Waals surface area contributed by atoms with Crippen LogP contribution >= 0.6 is 24.2 Å². The normalized spacial score (nSPS) is 14.9. The fourth-order valence-corrected chi connectivity index (χ4v) is 1.82. The Bertz CT molecular complexity index is 373. The molecule has 0 aromatic heterocycles. The summed E-state index contributed by atoms with van der Waals surface area (Å²) in [5.74, 6) is -0.146. The van der Waals surface area contributed by atoms with Crippen LogP contribution in [0.25, 0.3) is 0 Å². The number of halogens is 2. The molecule has 0 bridgehead atoms. The van der Waals surface area contributed by atoms with Gasteiger partial charge in [-0.2, -0.15) is 12.6 Å². The predicted octanol–water partition coefficient (Wildman–Crippen LogP) is 2.50. The maximum Gasteiger partial charge on any atom is 0.129 e. The van der Waals surface area contributed by atoms with Gasteiger partial charge in [0.05, 0.1) is 6.10 Å². The molecule has 1 aromatic rings. The molecule has 5 heteroatoms. The Balaban J connectivity index is 2.99. The Morgan fingerprint density at radius 3 is 2.62 bits per heavy atom. The molecule has 1 rings (SSSR count). The highest BCUT2D eigenvalue weighted by Gasteiger charge is 2.21. The maximum absolute atomic E-state index is 13.5. The van der Waals surface area contributed by atoms with Gasteiger partial charge in [0.2, 0.25) is 0 Å². The van der Waals surface area contributed by atoms with Gasteiger partial charge >= 0.3 is 0 Å². The van der Waals surface area contributed by atoms with Crippen LogP contribution in [0.1, 0.15) is 23.7 Å². The third kappa shape index (κ3) is 3.10. The molecule has 0 saturated heterocycles. The first-order valence-electron chi connectivity index (χ1n) is 4.90. The molecule has 2 unspecified atom stereocenters. The third-order valence-electron chi connectivity index (χ3n) is 2.39. The Labute approximate surface area is 104 Å².